The van der Waals surface area contributed by atoms with Crippen LogP contribution in [0.15, 0.2) is 48.6 Å². The van der Waals surface area contributed by atoms with Crippen molar-refractivity contribution in [2.75, 3.05) is 13.2 Å². The Kier molecular flexibility index (Phi) is 73.4. The number of carbonyl (C=O) groups excluding carboxylic acids is 2. The van der Waals surface area contributed by atoms with E-state index in [1.54, 1.807) is 6.08 Å². The molecule has 2 atom stereocenters. The van der Waals surface area contributed by atoms with E-state index >= 15 is 0 Å². The summed E-state index contributed by atoms with van der Waals surface area (Å²) < 4.78 is 5.49. The number of amides is 1. The van der Waals surface area contributed by atoms with Crippen LogP contribution >= 0.6 is 0 Å². The first kappa shape index (κ1) is 83.8. The molecule has 0 spiro atoms. The molecule has 0 aliphatic rings. The highest BCUT2D eigenvalue weighted by Gasteiger charge is 2.18. The number of ether oxygens (including phenoxy) is 1. The fraction of sp³-hybridized carbons (Fsp3) is 0.875. The summed E-state index contributed by atoms with van der Waals surface area (Å²) in [5.74, 6) is -0.0504. The standard InChI is InChI=1S/C80H151NO5/c1-3-5-7-9-11-13-15-17-19-45-48-52-56-60-64-68-72-78(83)77(76-82)81-79(84)73-69-65-61-57-53-49-46-43-41-39-37-35-33-31-29-27-25-23-21-20-22-24-26-28-30-32-34-36-38-40-42-44-47-51-55-59-63-67-71-75-86-80(85)74-70-66-62-58-54-50-18-16-14-12-10-8-6-4-2/h16,18,20-21,24,26,68,72,77-78,82-83H,3-15,17,19,22-23,25,27-67,69-71,73-76H2,1-2H3,(H,81,84)/b18-16-,21-20-,26-24-,72-68+. The number of allylic oxidation sites excluding steroid dienone is 7. The van der Waals surface area contributed by atoms with E-state index in [2.05, 4.69) is 55.6 Å². The van der Waals surface area contributed by atoms with Gasteiger partial charge in [0.2, 0.25) is 5.91 Å². The first-order chi connectivity index (χ1) is 42.5. The molecule has 6 heteroatoms. The summed E-state index contributed by atoms with van der Waals surface area (Å²) in [5, 5.41) is 23.2. The first-order valence-corrected chi connectivity index (χ1v) is 38.9. The summed E-state index contributed by atoms with van der Waals surface area (Å²) in [4.78, 5) is 24.6. The summed E-state index contributed by atoms with van der Waals surface area (Å²) in [6, 6.07) is -0.626. The molecular formula is C80H151NO5. The van der Waals surface area contributed by atoms with Gasteiger partial charge in [0.25, 0.3) is 0 Å². The minimum atomic E-state index is -0.843. The Morgan fingerprint density at radius 3 is 0.895 bits per heavy atom. The molecule has 0 aromatic heterocycles. The van der Waals surface area contributed by atoms with Crippen LogP contribution in [0.3, 0.4) is 0 Å². The van der Waals surface area contributed by atoms with Gasteiger partial charge in [0, 0.05) is 12.8 Å². The number of aliphatic hydroxyl groups is 2. The average molecular weight is 1210 g/mol. The van der Waals surface area contributed by atoms with Crippen LogP contribution in [0.4, 0.5) is 0 Å². The van der Waals surface area contributed by atoms with Crippen LogP contribution in [0.5, 0.6) is 0 Å². The molecule has 6 nitrogen and oxygen atoms in total. The molecule has 3 N–H and O–H groups in total. The van der Waals surface area contributed by atoms with E-state index in [0.29, 0.717) is 19.4 Å². The smallest absolute Gasteiger partial charge is 0.305 e. The van der Waals surface area contributed by atoms with Crippen molar-refractivity contribution in [3.63, 3.8) is 0 Å². The number of carbonyl (C=O) groups is 2. The molecular weight excluding hydrogens is 1050 g/mol. The van der Waals surface area contributed by atoms with Crippen LogP contribution in [0.2, 0.25) is 0 Å². The third-order valence-corrected chi connectivity index (χ3v) is 18.1. The van der Waals surface area contributed by atoms with Crippen LogP contribution in [0.1, 0.15) is 425 Å². The molecule has 0 bridgehead atoms. The number of rotatable bonds is 73. The Balaban J connectivity index is 3.37. The second kappa shape index (κ2) is 75.3. The molecule has 0 aliphatic heterocycles. The number of hydrogen-bond acceptors (Lipinski definition) is 5. The van der Waals surface area contributed by atoms with Gasteiger partial charge in [-0.1, -0.05) is 371 Å². The minimum Gasteiger partial charge on any atom is -0.466 e. The van der Waals surface area contributed by atoms with Crippen LogP contribution in [-0.2, 0) is 14.3 Å². The Labute approximate surface area is 537 Å². The molecule has 2 unspecified atom stereocenters. The van der Waals surface area contributed by atoms with E-state index in [9.17, 15) is 19.8 Å². The second-order valence-corrected chi connectivity index (χ2v) is 26.7. The lowest BCUT2D eigenvalue weighted by Crippen LogP contribution is -2.45. The van der Waals surface area contributed by atoms with E-state index < -0.39 is 12.1 Å². The van der Waals surface area contributed by atoms with E-state index in [0.717, 1.165) is 51.4 Å². The zero-order chi connectivity index (χ0) is 62.0. The van der Waals surface area contributed by atoms with Gasteiger partial charge in [-0.2, -0.15) is 0 Å². The Bertz CT molecular complexity index is 1440. The molecule has 0 saturated heterocycles. The maximum Gasteiger partial charge on any atom is 0.305 e. The lowest BCUT2D eigenvalue weighted by Gasteiger charge is -2.20. The number of hydrogen-bond donors (Lipinski definition) is 3. The molecule has 0 radical (unpaired) electrons. The van der Waals surface area contributed by atoms with Gasteiger partial charge in [0.1, 0.15) is 0 Å². The molecule has 0 saturated carbocycles. The maximum atomic E-state index is 12.5. The summed E-state index contributed by atoms with van der Waals surface area (Å²) in [7, 11) is 0. The highest BCUT2D eigenvalue weighted by Crippen LogP contribution is 2.19. The quantitative estimate of drug-likeness (QED) is 0.0320. The van der Waals surface area contributed by atoms with Gasteiger partial charge in [0.05, 0.1) is 25.4 Å². The van der Waals surface area contributed by atoms with Crippen LogP contribution in [0.25, 0.3) is 0 Å². The molecule has 0 aromatic carbocycles. The summed E-state index contributed by atoms with van der Waals surface area (Å²) in [6.07, 6.45) is 99.5. The SMILES string of the molecule is CCCCCCC/C=C\CCCCCCCC(=O)OCCCCCCCCCCCCCCCCC/C=C\C/C=C\CCCCCCCCCCCCCCCCCCCC(=O)NC(CO)C(O)/C=C/CCCCCCCCCCCCCCCC. The number of esters is 1. The van der Waals surface area contributed by atoms with Gasteiger partial charge in [-0.05, 0) is 89.9 Å². The molecule has 0 aliphatic carbocycles. The molecule has 0 fully saturated rings. The Morgan fingerprint density at radius 2 is 0.581 bits per heavy atom. The number of unbranched alkanes of at least 4 members (excludes halogenated alkanes) is 56. The third-order valence-electron chi connectivity index (χ3n) is 18.1. The molecule has 506 valence electrons. The van der Waals surface area contributed by atoms with E-state index in [-0.39, 0.29) is 18.5 Å². The summed E-state index contributed by atoms with van der Waals surface area (Å²) >= 11 is 0. The van der Waals surface area contributed by atoms with Crippen molar-refractivity contribution in [3.8, 4) is 0 Å². The van der Waals surface area contributed by atoms with Gasteiger partial charge in [0.15, 0.2) is 0 Å². The Morgan fingerprint density at radius 1 is 0.326 bits per heavy atom. The van der Waals surface area contributed by atoms with Gasteiger partial charge in [-0.15, -0.1) is 0 Å². The highest BCUT2D eigenvalue weighted by molar-refractivity contribution is 5.76. The molecule has 1 amide bonds. The Hall–Kier alpha value is -2.18. The van der Waals surface area contributed by atoms with Crippen molar-refractivity contribution in [1.82, 2.24) is 5.32 Å². The number of nitrogens with one attached hydrogen (secondary N) is 1. The predicted molar refractivity (Wildman–Crippen MR) is 379 cm³/mol. The van der Waals surface area contributed by atoms with Crippen molar-refractivity contribution >= 4 is 11.9 Å². The zero-order valence-electron chi connectivity index (χ0n) is 58.1. The van der Waals surface area contributed by atoms with Crippen molar-refractivity contribution in [2.24, 2.45) is 0 Å². The lowest BCUT2D eigenvalue weighted by molar-refractivity contribution is -0.143. The molecule has 0 aromatic rings. The van der Waals surface area contributed by atoms with Crippen molar-refractivity contribution in [2.45, 2.75) is 437 Å². The fourth-order valence-corrected chi connectivity index (χ4v) is 12.1. The van der Waals surface area contributed by atoms with Crippen LogP contribution in [0, 0.1) is 0 Å². The van der Waals surface area contributed by atoms with Crippen LogP contribution < -0.4 is 5.32 Å². The monoisotopic (exact) mass is 1210 g/mol. The van der Waals surface area contributed by atoms with Gasteiger partial charge in [-0.25, -0.2) is 0 Å². The zero-order valence-corrected chi connectivity index (χ0v) is 58.1. The average Bonchev–Trinajstić information content (AvgIpc) is 3.60. The van der Waals surface area contributed by atoms with Crippen molar-refractivity contribution in [3.05, 3.63) is 48.6 Å². The number of aliphatic hydroxyl groups excluding tert-OH is 2. The van der Waals surface area contributed by atoms with Crippen molar-refractivity contribution in [1.29, 1.82) is 0 Å². The van der Waals surface area contributed by atoms with Crippen LogP contribution in [-0.4, -0.2) is 47.4 Å². The summed E-state index contributed by atoms with van der Waals surface area (Å²) in [5.41, 5.74) is 0. The topological polar surface area (TPSA) is 95.9 Å². The largest absolute Gasteiger partial charge is 0.466 e. The normalized spacial score (nSPS) is 12.7. The highest BCUT2D eigenvalue weighted by atomic mass is 16.5. The van der Waals surface area contributed by atoms with E-state index in [4.69, 9.17) is 4.74 Å². The van der Waals surface area contributed by atoms with Gasteiger partial charge < -0.3 is 20.3 Å². The van der Waals surface area contributed by atoms with E-state index in [1.807, 2.05) is 6.08 Å². The fourth-order valence-electron chi connectivity index (χ4n) is 12.1. The predicted octanol–water partition coefficient (Wildman–Crippen LogP) is 25.6. The molecule has 0 heterocycles. The van der Waals surface area contributed by atoms with Crippen molar-refractivity contribution < 1.29 is 24.5 Å². The van der Waals surface area contributed by atoms with E-state index in [1.165, 1.54) is 347 Å². The lowest BCUT2D eigenvalue weighted by atomic mass is 10.0. The minimum absolute atomic E-state index is 0.0119. The summed E-state index contributed by atoms with van der Waals surface area (Å²) in [6.45, 7) is 4.93. The molecule has 0 rings (SSSR count). The third kappa shape index (κ3) is 70.9. The van der Waals surface area contributed by atoms with Gasteiger partial charge >= 0.3 is 5.97 Å². The maximum absolute atomic E-state index is 12.5. The van der Waals surface area contributed by atoms with Gasteiger partial charge in [-0.3, -0.25) is 9.59 Å². The second-order valence-electron chi connectivity index (χ2n) is 26.7. The molecule has 86 heavy (non-hydrogen) atoms. The first-order valence-electron chi connectivity index (χ1n) is 38.9.